The zero-order valence-electron chi connectivity index (χ0n) is 23.4. The molecule has 0 bridgehead atoms. The first-order valence-corrected chi connectivity index (χ1v) is 14.1. The summed E-state index contributed by atoms with van der Waals surface area (Å²) in [5.74, 6) is -0.216. The monoisotopic (exact) mass is 540 g/mol. The van der Waals surface area contributed by atoms with E-state index in [4.69, 9.17) is 0 Å². The van der Waals surface area contributed by atoms with Crippen LogP contribution in [0.1, 0.15) is 46.8 Å². The number of hydrogen-bond donors (Lipinski definition) is 4. The minimum Gasteiger partial charge on any atom is -0.390 e. The normalized spacial score (nSPS) is 14.9. The largest absolute Gasteiger partial charge is 0.390 e. The van der Waals surface area contributed by atoms with Crippen molar-refractivity contribution >= 4 is 29.3 Å². The standard InChI is InChI=1S/C33H40N4O3/c1-3-35-28-20-27(21-29(22-28)37-18-8-12-32(37)39)33(40)36-30(19-26-9-5-4-6-10-26)31(38)23-34-17-7-11-25-15-13-24(2)14-16-25/h4-7,9-11,13-16,20-22,30-31,34-35,38H,3,8,12,17-19,23H2,1-2H3,(H,36,40)/b11-7+/t30-,31+/m0/s1. The first-order valence-electron chi connectivity index (χ1n) is 14.1. The number of amides is 2. The van der Waals surface area contributed by atoms with Crippen molar-refractivity contribution < 1.29 is 14.7 Å². The molecular formula is C33H40N4O3. The van der Waals surface area contributed by atoms with Gasteiger partial charge in [-0.1, -0.05) is 72.3 Å². The predicted molar refractivity (Wildman–Crippen MR) is 163 cm³/mol. The van der Waals surface area contributed by atoms with Gasteiger partial charge in [0.1, 0.15) is 0 Å². The van der Waals surface area contributed by atoms with Crippen LogP contribution in [0, 0.1) is 6.92 Å². The highest BCUT2D eigenvalue weighted by atomic mass is 16.3. The smallest absolute Gasteiger partial charge is 0.251 e. The summed E-state index contributed by atoms with van der Waals surface area (Å²) in [6, 6.07) is 23.1. The number of aryl methyl sites for hydroxylation is 1. The summed E-state index contributed by atoms with van der Waals surface area (Å²) in [6.45, 7) is 6.30. The third-order valence-corrected chi connectivity index (χ3v) is 7.03. The average molecular weight is 541 g/mol. The summed E-state index contributed by atoms with van der Waals surface area (Å²) in [4.78, 5) is 27.7. The Balaban J connectivity index is 1.45. The van der Waals surface area contributed by atoms with Crippen LogP contribution in [0.25, 0.3) is 6.08 Å². The number of nitrogens with zero attached hydrogens (tertiary/aromatic N) is 1. The van der Waals surface area contributed by atoms with Crippen LogP contribution in [-0.2, 0) is 11.2 Å². The highest BCUT2D eigenvalue weighted by molar-refractivity contribution is 6.00. The lowest BCUT2D eigenvalue weighted by Crippen LogP contribution is -2.48. The zero-order chi connectivity index (χ0) is 28.3. The van der Waals surface area contributed by atoms with Crippen LogP contribution in [-0.4, -0.2) is 55.2 Å². The summed E-state index contributed by atoms with van der Waals surface area (Å²) in [5.41, 5.74) is 5.32. The molecular weight excluding hydrogens is 500 g/mol. The molecule has 0 saturated carbocycles. The van der Waals surface area contributed by atoms with Crippen LogP contribution in [0.3, 0.4) is 0 Å². The minimum absolute atomic E-state index is 0.0693. The van der Waals surface area contributed by atoms with Crippen molar-refractivity contribution in [1.29, 1.82) is 0 Å². The van der Waals surface area contributed by atoms with Gasteiger partial charge < -0.3 is 26.0 Å². The Labute approximate surface area is 237 Å². The first kappa shape index (κ1) is 29.1. The van der Waals surface area contributed by atoms with E-state index in [9.17, 15) is 14.7 Å². The van der Waals surface area contributed by atoms with Gasteiger partial charge in [0.05, 0.1) is 12.1 Å². The Morgan fingerprint density at radius 3 is 2.55 bits per heavy atom. The molecule has 1 heterocycles. The van der Waals surface area contributed by atoms with Crippen LogP contribution >= 0.6 is 0 Å². The minimum atomic E-state index is -0.812. The molecule has 4 N–H and O–H groups in total. The van der Waals surface area contributed by atoms with E-state index >= 15 is 0 Å². The fourth-order valence-electron chi connectivity index (χ4n) is 4.86. The highest BCUT2D eigenvalue weighted by Crippen LogP contribution is 2.27. The molecule has 7 heteroatoms. The van der Waals surface area contributed by atoms with Gasteiger partial charge in [-0.25, -0.2) is 0 Å². The molecule has 1 aliphatic rings. The topological polar surface area (TPSA) is 93.7 Å². The maximum absolute atomic E-state index is 13.5. The lowest BCUT2D eigenvalue weighted by Gasteiger charge is -2.25. The SMILES string of the molecule is CCNc1cc(C(=O)N[C@@H](Cc2ccccc2)[C@H](O)CNC/C=C/c2ccc(C)cc2)cc(N2CCCC2=O)c1. The zero-order valence-corrected chi connectivity index (χ0v) is 23.4. The fourth-order valence-corrected chi connectivity index (χ4v) is 4.86. The quantitative estimate of drug-likeness (QED) is 0.239. The van der Waals surface area contributed by atoms with E-state index in [0.717, 1.165) is 23.2 Å². The molecule has 1 fully saturated rings. The van der Waals surface area contributed by atoms with Gasteiger partial charge in [0.2, 0.25) is 5.91 Å². The van der Waals surface area contributed by atoms with E-state index in [0.29, 0.717) is 50.3 Å². The predicted octanol–water partition coefficient (Wildman–Crippen LogP) is 4.56. The Morgan fingerprint density at radius 1 is 1.07 bits per heavy atom. The van der Waals surface area contributed by atoms with Gasteiger partial charge in [-0.2, -0.15) is 0 Å². The first-order chi connectivity index (χ1) is 19.4. The van der Waals surface area contributed by atoms with Gasteiger partial charge in [-0.05, 0) is 56.0 Å². The van der Waals surface area contributed by atoms with E-state index in [1.807, 2.05) is 55.5 Å². The Morgan fingerprint density at radius 2 is 1.85 bits per heavy atom. The molecule has 1 aliphatic heterocycles. The number of aliphatic hydroxyl groups is 1. The van der Waals surface area contributed by atoms with E-state index in [-0.39, 0.29) is 11.8 Å². The van der Waals surface area contributed by atoms with Gasteiger partial charge in [0.15, 0.2) is 0 Å². The maximum atomic E-state index is 13.5. The number of benzene rings is 3. The third-order valence-electron chi connectivity index (χ3n) is 7.03. The number of nitrogens with one attached hydrogen (secondary N) is 3. The molecule has 4 rings (SSSR count). The van der Waals surface area contributed by atoms with Crippen LogP contribution < -0.4 is 20.9 Å². The summed E-state index contributed by atoms with van der Waals surface area (Å²) in [5, 5.41) is 20.8. The summed E-state index contributed by atoms with van der Waals surface area (Å²) in [6.07, 6.45) is 5.07. The van der Waals surface area contributed by atoms with Crippen LogP contribution in [0.5, 0.6) is 0 Å². The number of rotatable bonds is 13. The summed E-state index contributed by atoms with van der Waals surface area (Å²) >= 11 is 0. The lowest BCUT2D eigenvalue weighted by molar-refractivity contribution is -0.117. The molecule has 3 aromatic carbocycles. The van der Waals surface area contributed by atoms with Crippen molar-refractivity contribution in [3.63, 3.8) is 0 Å². The Bertz CT molecular complexity index is 1290. The molecule has 0 aromatic heterocycles. The van der Waals surface area contributed by atoms with E-state index in [1.54, 1.807) is 17.0 Å². The van der Waals surface area contributed by atoms with Gasteiger partial charge >= 0.3 is 0 Å². The molecule has 0 unspecified atom stereocenters. The molecule has 1 saturated heterocycles. The van der Waals surface area contributed by atoms with Crippen molar-refractivity contribution in [2.24, 2.45) is 0 Å². The van der Waals surface area contributed by atoms with Crippen LogP contribution in [0.15, 0.2) is 78.9 Å². The van der Waals surface area contributed by atoms with Crippen molar-refractivity contribution in [3.8, 4) is 0 Å². The van der Waals surface area contributed by atoms with Gasteiger partial charge in [-0.3, -0.25) is 9.59 Å². The number of hydrogen-bond acceptors (Lipinski definition) is 5. The second-order valence-corrected chi connectivity index (χ2v) is 10.3. The molecule has 0 radical (unpaired) electrons. The summed E-state index contributed by atoms with van der Waals surface area (Å²) in [7, 11) is 0. The Kier molecular flexibility index (Phi) is 10.5. The highest BCUT2D eigenvalue weighted by Gasteiger charge is 2.25. The van der Waals surface area contributed by atoms with Crippen LogP contribution in [0.4, 0.5) is 11.4 Å². The molecule has 0 spiro atoms. The molecule has 40 heavy (non-hydrogen) atoms. The number of anilines is 2. The number of aliphatic hydroxyl groups excluding tert-OH is 1. The molecule has 0 aliphatic carbocycles. The fraction of sp³-hybridized carbons (Fsp3) is 0.333. The molecule has 2 amide bonds. The van der Waals surface area contributed by atoms with Crippen molar-refractivity contribution in [2.45, 2.75) is 45.3 Å². The second-order valence-electron chi connectivity index (χ2n) is 10.3. The third kappa shape index (κ3) is 8.28. The van der Waals surface area contributed by atoms with E-state index in [2.05, 4.69) is 47.1 Å². The molecule has 3 aromatic rings. The van der Waals surface area contributed by atoms with E-state index in [1.165, 1.54) is 5.56 Å². The van der Waals surface area contributed by atoms with Crippen molar-refractivity contribution in [2.75, 3.05) is 36.4 Å². The molecule has 210 valence electrons. The molecule has 7 nitrogen and oxygen atoms in total. The van der Waals surface area contributed by atoms with Crippen molar-refractivity contribution in [3.05, 3.63) is 101 Å². The number of carbonyl (C=O) groups excluding carboxylic acids is 2. The Hall–Kier alpha value is -3.94. The van der Waals surface area contributed by atoms with Gasteiger partial charge in [-0.15, -0.1) is 0 Å². The van der Waals surface area contributed by atoms with Gasteiger partial charge in [0.25, 0.3) is 5.91 Å². The number of carbonyl (C=O) groups is 2. The summed E-state index contributed by atoms with van der Waals surface area (Å²) < 4.78 is 0. The average Bonchev–Trinajstić information content (AvgIpc) is 3.39. The van der Waals surface area contributed by atoms with Gasteiger partial charge in [0, 0.05) is 49.5 Å². The second kappa shape index (κ2) is 14.4. The maximum Gasteiger partial charge on any atom is 0.251 e. The van der Waals surface area contributed by atoms with Crippen molar-refractivity contribution in [1.82, 2.24) is 10.6 Å². The van der Waals surface area contributed by atoms with Crippen LogP contribution in [0.2, 0.25) is 0 Å². The molecule has 2 atom stereocenters. The lowest BCUT2D eigenvalue weighted by atomic mass is 10.00. The van der Waals surface area contributed by atoms with E-state index < -0.39 is 12.1 Å².